The molecule has 0 aliphatic heterocycles. The van der Waals surface area contributed by atoms with Gasteiger partial charge in [-0.2, -0.15) is 0 Å². The molecular weight excluding hydrogens is 360 g/mol. The molecule has 0 radical (unpaired) electrons. The van der Waals surface area contributed by atoms with Crippen LogP contribution in [0.3, 0.4) is 0 Å². The molecule has 0 fully saturated rings. The molecule has 0 unspecified atom stereocenters. The number of hydrogen-bond acceptors (Lipinski definition) is 2. The van der Waals surface area contributed by atoms with Crippen molar-refractivity contribution in [2.45, 2.75) is 39.0 Å². The average molecular weight is 389 g/mol. The predicted molar refractivity (Wildman–Crippen MR) is 118 cm³/mol. The number of carbonyl (C=O) groups is 1. The van der Waals surface area contributed by atoms with Crippen LogP contribution in [0.2, 0.25) is 0 Å². The van der Waals surface area contributed by atoms with E-state index < -0.39 is 5.97 Å². The summed E-state index contributed by atoms with van der Waals surface area (Å²) in [5, 5.41) is 9.19. The maximum atomic E-state index is 11.2. The van der Waals surface area contributed by atoms with E-state index in [0.29, 0.717) is 5.75 Å². The second-order valence-electron chi connectivity index (χ2n) is 7.25. The molecule has 3 heteroatoms. The summed E-state index contributed by atoms with van der Waals surface area (Å²) in [6.07, 6.45) is 5.82. The number of carboxylic acids is 1. The van der Waals surface area contributed by atoms with Gasteiger partial charge in [-0.15, -0.1) is 0 Å². The third kappa shape index (κ3) is 5.71. The third-order valence-corrected chi connectivity index (χ3v) is 4.98. The van der Waals surface area contributed by atoms with Crippen LogP contribution >= 0.6 is 0 Å². The summed E-state index contributed by atoms with van der Waals surface area (Å²) in [7, 11) is 0. The van der Waals surface area contributed by atoms with E-state index in [4.69, 9.17) is 4.74 Å². The molecule has 150 valence electrons. The minimum absolute atomic E-state index is 0.366. The second kappa shape index (κ2) is 10.5. The molecule has 3 nitrogen and oxygen atoms in total. The fourth-order valence-corrected chi connectivity index (χ4v) is 3.54. The largest absolute Gasteiger partial charge is 0.481 e. The first-order valence-electron chi connectivity index (χ1n) is 10.3. The third-order valence-electron chi connectivity index (χ3n) is 4.98. The van der Waals surface area contributed by atoms with Crippen molar-refractivity contribution in [3.05, 3.63) is 78.4 Å². The number of unbranched alkanes of at least 4 members (excludes halogenated alkanes) is 3. The van der Waals surface area contributed by atoms with E-state index in [1.165, 1.54) is 24.8 Å². The molecule has 3 aromatic carbocycles. The SMILES string of the molecule is CCCCCCc1cc(-c2ccccc2)c(OCC(=O)O)c(-c2ccccc2)c1. The second-order valence-corrected chi connectivity index (χ2v) is 7.25. The Morgan fingerprint density at radius 3 is 1.86 bits per heavy atom. The van der Waals surface area contributed by atoms with Gasteiger partial charge in [-0.1, -0.05) is 86.8 Å². The highest BCUT2D eigenvalue weighted by molar-refractivity contribution is 5.84. The van der Waals surface area contributed by atoms with E-state index in [-0.39, 0.29) is 6.61 Å². The van der Waals surface area contributed by atoms with Gasteiger partial charge in [0.1, 0.15) is 5.75 Å². The molecule has 0 amide bonds. The highest BCUT2D eigenvalue weighted by Crippen LogP contribution is 2.40. The molecule has 3 rings (SSSR count). The van der Waals surface area contributed by atoms with E-state index >= 15 is 0 Å². The summed E-state index contributed by atoms with van der Waals surface area (Å²) in [6.45, 7) is 1.85. The van der Waals surface area contributed by atoms with E-state index in [0.717, 1.165) is 35.1 Å². The first-order valence-corrected chi connectivity index (χ1v) is 10.3. The van der Waals surface area contributed by atoms with Gasteiger partial charge in [0.15, 0.2) is 6.61 Å². The van der Waals surface area contributed by atoms with Gasteiger partial charge in [-0.05, 0) is 41.7 Å². The topological polar surface area (TPSA) is 46.5 Å². The highest BCUT2D eigenvalue weighted by Gasteiger charge is 2.17. The summed E-state index contributed by atoms with van der Waals surface area (Å²) in [6, 6.07) is 24.4. The van der Waals surface area contributed by atoms with Crippen molar-refractivity contribution in [2.24, 2.45) is 0 Å². The van der Waals surface area contributed by atoms with E-state index in [9.17, 15) is 9.90 Å². The molecule has 0 atom stereocenters. The summed E-state index contributed by atoms with van der Waals surface area (Å²) in [4.78, 5) is 11.2. The molecule has 0 aliphatic rings. The number of ether oxygens (including phenoxy) is 1. The maximum Gasteiger partial charge on any atom is 0.341 e. The van der Waals surface area contributed by atoms with Gasteiger partial charge in [-0.3, -0.25) is 0 Å². The van der Waals surface area contributed by atoms with Crippen LogP contribution in [0, 0.1) is 0 Å². The predicted octanol–water partition coefficient (Wildman–Crippen LogP) is 6.61. The minimum Gasteiger partial charge on any atom is -0.481 e. The molecule has 29 heavy (non-hydrogen) atoms. The van der Waals surface area contributed by atoms with Crippen LogP contribution in [-0.2, 0) is 11.2 Å². The zero-order valence-corrected chi connectivity index (χ0v) is 16.9. The lowest BCUT2D eigenvalue weighted by Gasteiger charge is -2.18. The Bertz CT molecular complexity index is 857. The summed E-state index contributed by atoms with van der Waals surface area (Å²) in [5.74, 6) is -0.353. The Labute approximate surface area is 173 Å². The van der Waals surface area contributed by atoms with Crippen molar-refractivity contribution >= 4 is 5.97 Å². The van der Waals surface area contributed by atoms with Crippen LogP contribution in [0.25, 0.3) is 22.3 Å². The van der Waals surface area contributed by atoms with Gasteiger partial charge >= 0.3 is 5.97 Å². The summed E-state index contributed by atoms with van der Waals surface area (Å²) in [5.41, 5.74) is 5.19. The van der Waals surface area contributed by atoms with Crippen molar-refractivity contribution in [1.29, 1.82) is 0 Å². The number of hydrogen-bond donors (Lipinski definition) is 1. The molecule has 1 N–H and O–H groups in total. The van der Waals surface area contributed by atoms with Gasteiger partial charge in [0.05, 0.1) is 0 Å². The molecule has 0 bridgehead atoms. The van der Waals surface area contributed by atoms with Crippen molar-refractivity contribution in [3.63, 3.8) is 0 Å². The Kier molecular flexibility index (Phi) is 7.46. The minimum atomic E-state index is -0.980. The van der Waals surface area contributed by atoms with Crippen molar-refractivity contribution in [2.75, 3.05) is 6.61 Å². The van der Waals surface area contributed by atoms with Crippen LogP contribution in [-0.4, -0.2) is 17.7 Å². The van der Waals surface area contributed by atoms with Crippen molar-refractivity contribution < 1.29 is 14.6 Å². The smallest absolute Gasteiger partial charge is 0.341 e. The molecular formula is C26H28O3. The molecule has 0 spiro atoms. The zero-order valence-electron chi connectivity index (χ0n) is 16.9. The number of aryl methyl sites for hydroxylation is 1. The monoisotopic (exact) mass is 388 g/mol. The summed E-state index contributed by atoms with van der Waals surface area (Å²) >= 11 is 0. The lowest BCUT2D eigenvalue weighted by molar-refractivity contribution is -0.139. The average Bonchev–Trinajstić information content (AvgIpc) is 2.76. The molecule has 0 aliphatic carbocycles. The van der Waals surface area contributed by atoms with Crippen LogP contribution in [0.4, 0.5) is 0 Å². The number of aliphatic carboxylic acids is 1. The van der Waals surface area contributed by atoms with Crippen LogP contribution in [0.5, 0.6) is 5.75 Å². The molecule has 0 saturated carbocycles. The molecule has 0 aromatic heterocycles. The van der Waals surface area contributed by atoms with Crippen LogP contribution in [0.15, 0.2) is 72.8 Å². The fraction of sp³-hybridized carbons (Fsp3) is 0.269. The molecule has 0 saturated heterocycles. The van der Waals surface area contributed by atoms with Crippen LogP contribution < -0.4 is 4.74 Å². The number of carboxylic acid groups (broad SMARTS) is 1. The van der Waals surface area contributed by atoms with Gasteiger partial charge in [0.2, 0.25) is 0 Å². The Balaban J connectivity index is 2.10. The Morgan fingerprint density at radius 2 is 1.38 bits per heavy atom. The quantitative estimate of drug-likeness (QED) is 0.398. The summed E-state index contributed by atoms with van der Waals surface area (Å²) < 4.78 is 5.84. The Morgan fingerprint density at radius 1 is 0.828 bits per heavy atom. The van der Waals surface area contributed by atoms with Gasteiger partial charge in [0.25, 0.3) is 0 Å². The normalized spacial score (nSPS) is 10.7. The van der Waals surface area contributed by atoms with Crippen molar-refractivity contribution in [3.8, 4) is 28.0 Å². The maximum absolute atomic E-state index is 11.2. The van der Waals surface area contributed by atoms with E-state index in [1.807, 2.05) is 60.7 Å². The van der Waals surface area contributed by atoms with E-state index in [2.05, 4.69) is 19.1 Å². The van der Waals surface area contributed by atoms with E-state index in [1.54, 1.807) is 0 Å². The lowest BCUT2D eigenvalue weighted by atomic mass is 9.92. The number of rotatable bonds is 10. The lowest BCUT2D eigenvalue weighted by Crippen LogP contribution is -2.11. The first-order chi connectivity index (χ1) is 14.2. The first kappa shape index (κ1) is 20.7. The van der Waals surface area contributed by atoms with Gasteiger partial charge < -0.3 is 9.84 Å². The standard InChI is InChI=1S/C26H28O3/c1-2-3-4-7-12-20-17-23(21-13-8-5-9-14-21)26(29-19-25(27)28)24(18-20)22-15-10-6-11-16-22/h5-6,8-11,13-18H,2-4,7,12,19H2,1H3,(H,27,28). The zero-order chi connectivity index (χ0) is 20.5. The molecule has 3 aromatic rings. The van der Waals surface area contributed by atoms with Crippen LogP contribution in [0.1, 0.15) is 38.2 Å². The van der Waals surface area contributed by atoms with Gasteiger partial charge in [-0.25, -0.2) is 4.79 Å². The molecule has 0 heterocycles. The fourth-order valence-electron chi connectivity index (χ4n) is 3.54. The number of benzene rings is 3. The Hall–Kier alpha value is -3.07. The van der Waals surface area contributed by atoms with Crippen molar-refractivity contribution in [1.82, 2.24) is 0 Å². The highest BCUT2D eigenvalue weighted by atomic mass is 16.5. The van der Waals surface area contributed by atoms with Gasteiger partial charge in [0, 0.05) is 11.1 Å².